The van der Waals surface area contributed by atoms with E-state index in [1.165, 1.54) is 24.3 Å². The molecule has 2 amide bonds. The van der Waals surface area contributed by atoms with Crippen molar-refractivity contribution in [1.29, 1.82) is 0 Å². The molecule has 0 spiro atoms. The number of carbonyl (C=O) groups is 2. The van der Waals surface area contributed by atoms with E-state index in [0.29, 0.717) is 31.5 Å². The zero-order valence-corrected chi connectivity index (χ0v) is 16.5. The Kier molecular flexibility index (Phi) is 5.97. The second kappa shape index (κ2) is 8.42. The number of aryl methyl sites for hydroxylation is 1. The van der Waals surface area contributed by atoms with E-state index < -0.39 is 0 Å². The molecule has 148 valence electrons. The molecule has 28 heavy (non-hydrogen) atoms. The van der Waals surface area contributed by atoms with Gasteiger partial charge in [-0.15, -0.1) is 0 Å². The van der Waals surface area contributed by atoms with Crippen LogP contribution in [0.4, 0.5) is 15.8 Å². The number of likely N-dealkylation sites (tertiary alicyclic amines) is 1. The van der Waals surface area contributed by atoms with Crippen LogP contribution >= 0.6 is 0 Å². The molecule has 6 heteroatoms. The molecule has 0 saturated carbocycles. The second-order valence-corrected chi connectivity index (χ2v) is 7.46. The molecule has 1 saturated heterocycles. The Bertz CT molecular complexity index is 857. The van der Waals surface area contributed by atoms with Gasteiger partial charge < -0.3 is 15.1 Å². The predicted octanol–water partition coefficient (Wildman–Crippen LogP) is 3.69. The lowest BCUT2D eigenvalue weighted by Crippen LogP contribution is -2.41. The van der Waals surface area contributed by atoms with E-state index in [9.17, 15) is 14.0 Å². The highest BCUT2D eigenvalue weighted by Gasteiger charge is 2.28. The Morgan fingerprint density at radius 3 is 2.29 bits per heavy atom. The number of benzene rings is 2. The van der Waals surface area contributed by atoms with Gasteiger partial charge in [-0.25, -0.2) is 4.39 Å². The Labute approximate surface area is 165 Å². The van der Waals surface area contributed by atoms with E-state index >= 15 is 0 Å². The summed E-state index contributed by atoms with van der Waals surface area (Å²) in [5.41, 5.74) is 3.48. The molecule has 5 nitrogen and oxygen atoms in total. The van der Waals surface area contributed by atoms with Crippen LogP contribution in [-0.4, -0.2) is 43.9 Å². The van der Waals surface area contributed by atoms with Gasteiger partial charge in [0.15, 0.2) is 0 Å². The summed E-state index contributed by atoms with van der Waals surface area (Å²) in [6.07, 6.45) is 1.24. The zero-order chi connectivity index (χ0) is 20.3. The van der Waals surface area contributed by atoms with Gasteiger partial charge >= 0.3 is 0 Å². The van der Waals surface area contributed by atoms with Crippen LogP contribution in [0.25, 0.3) is 0 Å². The van der Waals surface area contributed by atoms with Gasteiger partial charge in [-0.2, -0.15) is 0 Å². The van der Waals surface area contributed by atoms with Crippen molar-refractivity contribution < 1.29 is 14.0 Å². The highest BCUT2D eigenvalue weighted by Crippen LogP contribution is 2.24. The molecule has 1 N–H and O–H groups in total. The Hall–Kier alpha value is -2.89. The molecule has 0 aliphatic carbocycles. The van der Waals surface area contributed by atoms with Crippen molar-refractivity contribution in [1.82, 2.24) is 4.90 Å². The summed E-state index contributed by atoms with van der Waals surface area (Å²) < 4.78 is 13.0. The molecule has 0 atom stereocenters. The number of hydrogen-bond acceptors (Lipinski definition) is 3. The van der Waals surface area contributed by atoms with Crippen molar-refractivity contribution in [2.24, 2.45) is 5.92 Å². The number of nitrogens with one attached hydrogen (secondary N) is 1. The SMILES string of the molecule is Cc1cc(NC(=O)C2CCN(C(=O)c3ccc(F)cc3)CC2)ccc1N(C)C. The number of piperidine rings is 1. The van der Waals surface area contributed by atoms with Gasteiger partial charge in [-0.05, 0) is 67.8 Å². The third-order valence-electron chi connectivity index (χ3n) is 5.19. The number of nitrogens with zero attached hydrogens (tertiary/aromatic N) is 2. The van der Waals surface area contributed by atoms with Gasteiger partial charge in [-0.3, -0.25) is 9.59 Å². The summed E-state index contributed by atoms with van der Waals surface area (Å²) in [4.78, 5) is 28.9. The molecule has 0 radical (unpaired) electrons. The summed E-state index contributed by atoms with van der Waals surface area (Å²) in [5, 5.41) is 3.00. The van der Waals surface area contributed by atoms with Gasteiger partial charge in [0.2, 0.25) is 5.91 Å². The molecule has 1 aliphatic rings. The minimum atomic E-state index is -0.360. The third-order valence-corrected chi connectivity index (χ3v) is 5.19. The maximum atomic E-state index is 13.0. The van der Waals surface area contributed by atoms with E-state index in [1.54, 1.807) is 4.90 Å². The van der Waals surface area contributed by atoms with E-state index in [0.717, 1.165) is 16.9 Å². The summed E-state index contributed by atoms with van der Waals surface area (Å²) in [6.45, 7) is 3.06. The van der Waals surface area contributed by atoms with Crippen molar-refractivity contribution in [2.75, 3.05) is 37.4 Å². The first kappa shape index (κ1) is 19.9. The van der Waals surface area contributed by atoms with E-state index in [1.807, 2.05) is 44.1 Å². The molecule has 0 aromatic heterocycles. The minimum absolute atomic E-state index is 0.00844. The Balaban J connectivity index is 1.56. The molecule has 1 aliphatic heterocycles. The topological polar surface area (TPSA) is 52.7 Å². The van der Waals surface area contributed by atoms with E-state index in [-0.39, 0.29) is 23.5 Å². The van der Waals surface area contributed by atoms with Crippen LogP contribution in [0.5, 0.6) is 0 Å². The van der Waals surface area contributed by atoms with E-state index in [4.69, 9.17) is 0 Å². The summed E-state index contributed by atoms with van der Waals surface area (Å²) in [7, 11) is 3.98. The molecule has 2 aromatic rings. The first-order chi connectivity index (χ1) is 13.3. The number of rotatable bonds is 4. The van der Waals surface area contributed by atoms with E-state index in [2.05, 4.69) is 5.32 Å². The quantitative estimate of drug-likeness (QED) is 0.876. The summed E-state index contributed by atoms with van der Waals surface area (Å²) in [6, 6.07) is 11.4. The lowest BCUT2D eigenvalue weighted by molar-refractivity contribution is -0.121. The van der Waals surface area contributed by atoms with Crippen molar-refractivity contribution >= 4 is 23.2 Å². The second-order valence-electron chi connectivity index (χ2n) is 7.46. The lowest BCUT2D eigenvalue weighted by Gasteiger charge is -2.31. The predicted molar refractivity (Wildman–Crippen MR) is 109 cm³/mol. The number of amides is 2. The Morgan fingerprint density at radius 2 is 1.71 bits per heavy atom. The monoisotopic (exact) mass is 383 g/mol. The molecule has 1 heterocycles. The van der Waals surface area contributed by atoms with Gasteiger partial charge in [0.1, 0.15) is 5.82 Å². The molecule has 0 unspecified atom stereocenters. The van der Waals surface area contributed by atoms with Crippen molar-refractivity contribution in [3.8, 4) is 0 Å². The van der Waals surface area contributed by atoms with Crippen LogP contribution in [-0.2, 0) is 4.79 Å². The van der Waals surface area contributed by atoms with Crippen molar-refractivity contribution in [3.63, 3.8) is 0 Å². The number of anilines is 2. The fourth-order valence-electron chi connectivity index (χ4n) is 3.60. The molecule has 0 bridgehead atoms. The minimum Gasteiger partial charge on any atom is -0.377 e. The lowest BCUT2D eigenvalue weighted by atomic mass is 9.95. The molecule has 2 aromatic carbocycles. The van der Waals surface area contributed by atoms with Crippen LogP contribution in [0.3, 0.4) is 0 Å². The third kappa shape index (κ3) is 4.50. The highest BCUT2D eigenvalue weighted by atomic mass is 19.1. The normalized spacial score (nSPS) is 14.6. The Morgan fingerprint density at radius 1 is 1.07 bits per heavy atom. The first-order valence-electron chi connectivity index (χ1n) is 9.49. The van der Waals surface area contributed by atoms with Crippen LogP contribution in [0.1, 0.15) is 28.8 Å². The smallest absolute Gasteiger partial charge is 0.253 e. The van der Waals surface area contributed by atoms with Gasteiger partial charge in [-0.1, -0.05) is 0 Å². The molecular formula is C22H26FN3O2. The summed E-state index contributed by atoms with van der Waals surface area (Å²) in [5.74, 6) is -0.605. The largest absolute Gasteiger partial charge is 0.377 e. The maximum Gasteiger partial charge on any atom is 0.253 e. The average molecular weight is 383 g/mol. The summed E-state index contributed by atoms with van der Waals surface area (Å²) >= 11 is 0. The fourth-order valence-corrected chi connectivity index (χ4v) is 3.60. The highest BCUT2D eigenvalue weighted by molar-refractivity contribution is 5.95. The zero-order valence-electron chi connectivity index (χ0n) is 16.5. The van der Waals surface area contributed by atoms with Gasteiger partial charge in [0.25, 0.3) is 5.91 Å². The molecular weight excluding hydrogens is 357 g/mol. The van der Waals surface area contributed by atoms with Crippen molar-refractivity contribution in [3.05, 3.63) is 59.4 Å². The molecule has 3 rings (SSSR count). The van der Waals surface area contributed by atoms with Crippen LogP contribution in [0, 0.1) is 18.7 Å². The average Bonchev–Trinajstić information content (AvgIpc) is 2.68. The van der Waals surface area contributed by atoms with Gasteiger partial charge in [0.05, 0.1) is 0 Å². The van der Waals surface area contributed by atoms with Crippen LogP contribution in [0.2, 0.25) is 0 Å². The molecule has 1 fully saturated rings. The maximum absolute atomic E-state index is 13.0. The van der Waals surface area contributed by atoms with Gasteiger partial charge in [0, 0.05) is 50.0 Å². The first-order valence-corrected chi connectivity index (χ1v) is 9.49. The number of carbonyl (C=O) groups excluding carboxylic acids is 2. The van der Waals surface area contributed by atoms with Crippen molar-refractivity contribution in [2.45, 2.75) is 19.8 Å². The number of halogens is 1. The number of hydrogen-bond donors (Lipinski definition) is 1. The standard InChI is InChI=1S/C22H26FN3O2/c1-15-14-19(8-9-20(15)25(2)3)24-21(27)16-10-12-26(13-11-16)22(28)17-4-6-18(23)7-5-17/h4-9,14,16H,10-13H2,1-3H3,(H,24,27). The fraction of sp³-hybridized carbons (Fsp3) is 0.364. The van der Waals surface area contributed by atoms with Crippen LogP contribution in [0.15, 0.2) is 42.5 Å². The van der Waals surface area contributed by atoms with Crippen LogP contribution < -0.4 is 10.2 Å².